The predicted molar refractivity (Wildman–Crippen MR) is 94.1 cm³/mol. The van der Waals surface area contributed by atoms with Crippen molar-refractivity contribution >= 4 is 5.91 Å². The molecule has 1 atom stereocenters. The standard InChI is InChI=1S/C19H29FN2O2/c1-6-9-22(12-19(2,3)4)13-10-15-14(18(23)21-5)7-8-16(20)17(15)24-11-13/h7-8,13H,6,9-12H2,1-5H3,(H,21,23)/t13-/m1/s1. The molecule has 1 aromatic rings. The third-order valence-corrected chi connectivity index (χ3v) is 4.25. The minimum Gasteiger partial charge on any atom is -0.489 e. The lowest BCUT2D eigenvalue weighted by Crippen LogP contribution is -2.47. The molecule has 0 saturated carbocycles. The number of hydrogen-bond acceptors (Lipinski definition) is 3. The molecular formula is C19H29FN2O2. The predicted octanol–water partition coefficient (Wildman–Crippen LogP) is 3.25. The molecule has 1 amide bonds. The number of carbonyl (C=O) groups is 1. The minimum atomic E-state index is -0.394. The van der Waals surface area contributed by atoms with Crippen LogP contribution in [0.5, 0.6) is 5.75 Å². The number of amides is 1. The molecule has 134 valence electrons. The highest BCUT2D eigenvalue weighted by Crippen LogP contribution is 2.33. The lowest BCUT2D eigenvalue weighted by Gasteiger charge is -2.39. The molecule has 0 aromatic heterocycles. The van der Waals surface area contributed by atoms with Crippen LogP contribution in [0.4, 0.5) is 4.39 Å². The van der Waals surface area contributed by atoms with Crippen LogP contribution in [0.15, 0.2) is 12.1 Å². The zero-order valence-electron chi connectivity index (χ0n) is 15.4. The molecule has 1 aliphatic heterocycles. The average molecular weight is 336 g/mol. The Kier molecular flexibility index (Phi) is 5.86. The van der Waals surface area contributed by atoms with E-state index in [0.29, 0.717) is 24.2 Å². The van der Waals surface area contributed by atoms with E-state index in [1.54, 1.807) is 13.1 Å². The molecule has 1 aromatic carbocycles. The van der Waals surface area contributed by atoms with Crippen molar-refractivity contribution in [3.05, 3.63) is 29.1 Å². The Morgan fingerprint density at radius 3 is 2.71 bits per heavy atom. The van der Waals surface area contributed by atoms with Crippen LogP contribution >= 0.6 is 0 Å². The maximum Gasteiger partial charge on any atom is 0.251 e. The van der Waals surface area contributed by atoms with Crippen LogP contribution in [0.1, 0.15) is 50.0 Å². The van der Waals surface area contributed by atoms with Gasteiger partial charge in [-0.15, -0.1) is 0 Å². The average Bonchev–Trinajstić information content (AvgIpc) is 2.52. The highest BCUT2D eigenvalue weighted by atomic mass is 19.1. The van der Waals surface area contributed by atoms with Crippen molar-refractivity contribution in [2.45, 2.75) is 46.6 Å². The number of rotatable bonds is 5. The number of hydrogen-bond donors (Lipinski definition) is 1. The molecule has 4 nitrogen and oxygen atoms in total. The Balaban J connectivity index is 2.31. The highest BCUT2D eigenvalue weighted by molar-refractivity contribution is 5.96. The first-order valence-corrected chi connectivity index (χ1v) is 8.67. The summed E-state index contributed by atoms with van der Waals surface area (Å²) in [4.78, 5) is 14.5. The second kappa shape index (κ2) is 7.51. The van der Waals surface area contributed by atoms with Gasteiger partial charge in [-0.25, -0.2) is 4.39 Å². The zero-order valence-corrected chi connectivity index (χ0v) is 15.4. The third kappa shape index (κ3) is 4.26. The SMILES string of the molecule is CCCN(CC(C)(C)C)[C@H]1COc2c(F)ccc(C(=O)NC)c2C1. The van der Waals surface area contributed by atoms with Crippen LogP contribution in [-0.4, -0.2) is 43.6 Å². The van der Waals surface area contributed by atoms with Crippen LogP contribution in [0.2, 0.25) is 0 Å². The molecule has 1 aliphatic rings. The van der Waals surface area contributed by atoms with E-state index in [1.165, 1.54) is 6.07 Å². The fraction of sp³-hybridized carbons (Fsp3) is 0.632. The second-order valence-corrected chi connectivity index (χ2v) is 7.68. The van der Waals surface area contributed by atoms with Gasteiger partial charge in [0.2, 0.25) is 0 Å². The van der Waals surface area contributed by atoms with Gasteiger partial charge in [0.25, 0.3) is 5.91 Å². The fourth-order valence-corrected chi connectivity index (χ4v) is 3.30. The van der Waals surface area contributed by atoms with Crippen molar-refractivity contribution in [1.29, 1.82) is 0 Å². The van der Waals surface area contributed by atoms with Crippen molar-refractivity contribution in [2.75, 3.05) is 26.7 Å². The molecule has 0 fully saturated rings. The normalized spacial score (nSPS) is 17.4. The van der Waals surface area contributed by atoms with Gasteiger partial charge in [0.15, 0.2) is 11.6 Å². The lowest BCUT2D eigenvalue weighted by molar-refractivity contribution is 0.0835. The molecular weight excluding hydrogens is 307 g/mol. The van der Waals surface area contributed by atoms with Gasteiger partial charge in [0, 0.05) is 30.8 Å². The Morgan fingerprint density at radius 1 is 1.42 bits per heavy atom. The van der Waals surface area contributed by atoms with Gasteiger partial charge in [0.1, 0.15) is 6.61 Å². The summed E-state index contributed by atoms with van der Waals surface area (Å²) < 4.78 is 19.8. The summed E-state index contributed by atoms with van der Waals surface area (Å²) in [7, 11) is 1.59. The molecule has 0 unspecified atom stereocenters. The molecule has 1 heterocycles. The van der Waals surface area contributed by atoms with Gasteiger partial charge in [-0.1, -0.05) is 27.7 Å². The topological polar surface area (TPSA) is 41.6 Å². The van der Waals surface area contributed by atoms with Crippen LogP contribution in [0, 0.1) is 11.2 Å². The van der Waals surface area contributed by atoms with E-state index in [9.17, 15) is 9.18 Å². The van der Waals surface area contributed by atoms with E-state index in [2.05, 4.69) is 37.9 Å². The van der Waals surface area contributed by atoms with E-state index < -0.39 is 5.82 Å². The van der Waals surface area contributed by atoms with Crippen LogP contribution < -0.4 is 10.1 Å². The smallest absolute Gasteiger partial charge is 0.251 e. The first-order chi connectivity index (χ1) is 11.3. The van der Waals surface area contributed by atoms with Gasteiger partial charge in [0.05, 0.1) is 0 Å². The third-order valence-electron chi connectivity index (χ3n) is 4.25. The second-order valence-electron chi connectivity index (χ2n) is 7.68. The molecule has 0 spiro atoms. The van der Waals surface area contributed by atoms with Crippen LogP contribution in [0.25, 0.3) is 0 Å². The van der Waals surface area contributed by atoms with Crippen molar-refractivity contribution in [3.63, 3.8) is 0 Å². The molecule has 0 saturated heterocycles. The quantitative estimate of drug-likeness (QED) is 0.897. The van der Waals surface area contributed by atoms with E-state index >= 15 is 0 Å². The van der Waals surface area contributed by atoms with Crippen molar-refractivity contribution in [3.8, 4) is 5.75 Å². The van der Waals surface area contributed by atoms with Crippen molar-refractivity contribution in [2.24, 2.45) is 5.41 Å². The zero-order chi connectivity index (χ0) is 17.9. The van der Waals surface area contributed by atoms with Crippen molar-refractivity contribution in [1.82, 2.24) is 10.2 Å². The number of halogens is 1. The molecule has 24 heavy (non-hydrogen) atoms. The molecule has 2 rings (SSSR count). The lowest BCUT2D eigenvalue weighted by atomic mass is 9.92. The van der Waals surface area contributed by atoms with Gasteiger partial charge in [-0.2, -0.15) is 0 Å². The Bertz CT molecular complexity index is 596. The van der Waals surface area contributed by atoms with Crippen LogP contribution in [0.3, 0.4) is 0 Å². The maximum absolute atomic E-state index is 14.1. The number of ether oxygens (including phenoxy) is 1. The highest BCUT2D eigenvalue weighted by Gasteiger charge is 2.31. The summed E-state index contributed by atoms with van der Waals surface area (Å²) in [5, 5.41) is 2.63. The van der Waals surface area contributed by atoms with E-state index in [1.807, 2.05) is 0 Å². The summed E-state index contributed by atoms with van der Waals surface area (Å²) in [6.45, 7) is 11.1. The van der Waals surface area contributed by atoms with Crippen LogP contribution in [-0.2, 0) is 6.42 Å². The summed E-state index contributed by atoms with van der Waals surface area (Å²) in [5.41, 5.74) is 1.35. The number of fused-ring (bicyclic) bond motifs is 1. The summed E-state index contributed by atoms with van der Waals surface area (Å²) >= 11 is 0. The van der Waals surface area contributed by atoms with Gasteiger partial charge in [-0.3, -0.25) is 9.69 Å². The van der Waals surface area contributed by atoms with Gasteiger partial charge < -0.3 is 10.1 Å². The van der Waals surface area contributed by atoms with Gasteiger partial charge in [-0.05, 0) is 36.9 Å². The van der Waals surface area contributed by atoms with E-state index in [4.69, 9.17) is 4.74 Å². The summed E-state index contributed by atoms with van der Waals surface area (Å²) in [6, 6.07) is 3.01. The molecule has 0 radical (unpaired) electrons. The largest absolute Gasteiger partial charge is 0.489 e. The monoisotopic (exact) mass is 336 g/mol. The maximum atomic E-state index is 14.1. The fourth-order valence-electron chi connectivity index (χ4n) is 3.30. The van der Waals surface area contributed by atoms with E-state index in [0.717, 1.165) is 19.5 Å². The number of benzene rings is 1. The first-order valence-electron chi connectivity index (χ1n) is 8.67. The number of nitrogens with zero attached hydrogens (tertiary/aromatic N) is 1. The van der Waals surface area contributed by atoms with Crippen molar-refractivity contribution < 1.29 is 13.9 Å². The Morgan fingerprint density at radius 2 is 2.12 bits per heavy atom. The summed E-state index contributed by atoms with van der Waals surface area (Å²) in [5.74, 6) is -0.359. The Hall–Kier alpha value is -1.62. The molecule has 0 aliphatic carbocycles. The number of carbonyl (C=O) groups excluding carboxylic acids is 1. The molecule has 5 heteroatoms. The molecule has 1 N–H and O–H groups in total. The molecule has 0 bridgehead atoms. The van der Waals surface area contributed by atoms with E-state index in [-0.39, 0.29) is 23.1 Å². The minimum absolute atomic E-state index is 0.155. The summed E-state index contributed by atoms with van der Waals surface area (Å²) in [6.07, 6.45) is 1.68. The number of nitrogens with one attached hydrogen (secondary N) is 1. The van der Waals surface area contributed by atoms with Gasteiger partial charge >= 0.3 is 0 Å². The first kappa shape index (κ1) is 18.7. The Labute approximate surface area is 144 Å².